The van der Waals surface area contributed by atoms with E-state index in [9.17, 15) is 9.59 Å². The summed E-state index contributed by atoms with van der Waals surface area (Å²) in [5.41, 5.74) is 0.824. The highest BCUT2D eigenvalue weighted by molar-refractivity contribution is 6.60. The molecule has 226 valence electrons. The van der Waals surface area contributed by atoms with E-state index in [1.165, 1.54) is 0 Å². The highest BCUT2D eigenvalue weighted by Gasteiger charge is 2.38. The summed E-state index contributed by atoms with van der Waals surface area (Å²) in [6.07, 6.45) is 1.56. The Hall–Kier alpha value is -1.14. The van der Waals surface area contributed by atoms with Crippen molar-refractivity contribution in [3.05, 3.63) is 24.3 Å². The normalized spacial score (nSPS) is 11.5. The molecule has 0 unspecified atom stereocenters. The topological polar surface area (TPSA) is 108 Å². The molecule has 0 radical (unpaired) electrons. The number of halogens is 1. The highest BCUT2D eigenvalue weighted by atomic mass is 35.5. The number of quaternary nitrogens is 1. The van der Waals surface area contributed by atoms with Crippen LogP contribution in [-0.4, -0.2) is 117 Å². The molecular formula is C24H50ClNO10Si2. The van der Waals surface area contributed by atoms with Gasteiger partial charge < -0.3 is 52.9 Å². The maximum Gasteiger partial charge on any atom is 0.500 e. The summed E-state index contributed by atoms with van der Waals surface area (Å²) in [5, 5.41) is 0. The van der Waals surface area contributed by atoms with Crippen LogP contribution in [0.15, 0.2) is 24.3 Å². The molecule has 0 rings (SSSR count). The molecule has 0 aromatic rings. The van der Waals surface area contributed by atoms with Crippen molar-refractivity contribution in [3.8, 4) is 0 Å². The van der Waals surface area contributed by atoms with Gasteiger partial charge in [0, 0.05) is 72.3 Å². The first kappa shape index (κ1) is 41.3. The number of likely N-dealkylation sites (N-methyl/N-ethyl adjacent to an activating group) is 1. The fourth-order valence-electron chi connectivity index (χ4n) is 3.03. The predicted octanol–water partition coefficient (Wildman–Crippen LogP) is -0.172. The fourth-order valence-corrected chi connectivity index (χ4v) is 6.43. The Labute approximate surface area is 238 Å². The van der Waals surface area contributed by atoms with Crippen LogP contribution in [-0.2, 0) is 45.6 Å². The van der Waals surface area contributed by atoms with Gasteiger partial charge in [-0.2, -0.15) is 0 Å². The maximum atomic E-state index is 11.3. The molecule has 0 saturated heterocycles. The molecule has 0 N–H and O–H groups in total. The van der Waals surface area contributed by atoms with Crippen LogP contribution in [0, 0.1) is 0 Å². The fraction of sp³-hybridized carbons (Fsp3) is 0.750. The minimum Gasteiger partial charge on any atom is -1.00 e. The van der Waals surface area contributed by atoms with E-state index in [1.54, 1.807) is 56.5 Å². The SMILES string of the molecule is C=C(C)C(=O)OCCC[Si](OC)(OC)OC.C=C(C)C(=O)OCC[N+](C)(C)CCC[Si](OC)(OC)OC.[Cl-]. The second-order valence-corrected chi connectivity index (χ2v) is 15.2. The van der Waals surface area contributed by atoms with Crippen LogP contribution < -0.4 is 12.4 Å². The average Bonchev–Trinajstić information content (AvgIpc) is 2.87. The maximum absolute atomic E-state index is 11.3. The van der Waals surface area contributed by atoms with E-state index in [1.807, 2.05) is 0 Å². The average molecular weight is 604 g/mol. The van der Waals surface area contributed by atoms with Crippen molar-refractivity contribution in [1.82, 2.24) is 0 Å². The van der Waals surface area contributed by atoms with Gasteiger partial charge in [0.15, 0.2) is 0 Å². The number of carbonyl (C=O) groups is 2. The molecule has 0 atom stereocenters. The third-order valence-corrected chi connectivity index (χ3v) is 11.3. The molecule has 0 fully saturated rings. The summed E-state index contributed by atoms with van der Waals surface area (Å²) in [6, 6.07) is 1.38. The number of rotatable bonds is 19. The van der Waals surface area contributed by atoms with Gasteiger partial charge in [-0.15, -0.1) is 0 Å². The number of carbonyl (C=O) groups excluding carboxylic acids is 2. The third-order valence-electron chi connectivity index (χ3n) is 5.60. The number of nitrogens with zero attached hydrogens (tertiary/aromatic N) is 1. The molecule has 0 amide bonds. The minimum atomic E-state index is -2.53. The van der Waals surface area contributed by atoms with Gasteiger partial charge in [0.25, 0.3) is 0 Å². The van der Waals surface area contributed by atoms with Crippen molar-refractivity contribution in [2.24, 2.45) is 0 Å². The first-order valence-corrected chi connectivity index (χ1v) is 15.9. The molecule has 0 aliphatic carbocycles. The van der Waals surface area contributed by atoms with Crippen LogP contribution in [0.1, 0.15) is 26.7 Å². The lowest BCUT2D eigenvalue weighted by molar-refractivity contribution is -0.890. The molecule has 0 aliphatic rings. The van der Waals surface area contributed by atoms with E-state index in [4.69, 9.17) is 36.0 Å². The van der Waals surface area contributed by atoms with E-state index < -0.39 is 17.6 Å². The minimum absolute atomic E-state index is 0. The molecule has 38 heavy (non-hydrogen) atoms. The zero-order chi connectivity index (χ0) is 29.1. The van der Waals surface area contributed by atoms with Crippen LogP contribution in [0.5, 0.6) is 0 Å². The van der Waals surface area contributed by atoms with Gasteiger partial charge in [-0.25, -0.2) is 9.59 Å². The number of esters is 2. The van der Waals surface area contributed by atoms with E-state index in [2.05, 4.69) is 27.3 Å². The lowest BCUT2D eigenvalue weighted by Crippen LogP contribution is -3.00. The Bertz CT molecular complexity index is 685. The molecule has 0 aromatic carbocycles. The van der Waals surface area contributed by atoms with E-state index in [-0.39, 0.29) is 24.3 Å². The molecule has 0 spiro atoms. The van der Waals surface area contributed by atoms with Crippen LogP contribution in [0.25, 0.3) is 0 Å². The van der Waals surface area contributed by atoms with Crippen molar-refractivity contribution in [3.63, 3.8) is 0 Å². The zero-order valence-corrected chi connectivity index (χ0v) is 27.7. The standard InChI is InChI=1S/C14H30NO5Si.C10H20O5Si.ClH/c1-13(2)14(16)20-11-10-15(3,4)9-8-12-21(17-5,18-6)19-7;1-9(2)10(11)15-7-6-8-16(12-3,13-4)14-5;/h1,8-12H2,2-7H3;1,6-8H2,2-5H3;1H/q+1;;/p-1. The summed E-state index contributed by atoms with van der Waals surface area (Å²) in [7, 11) is 8.71. The van der Waals surface area contributed by atoms with Crippen molar-refractivity contribution in [2.45, 2.75) is 38.8 Å². The Morgan fingerprint density at radius 2 is 0.974 bits per heavy atom. The van der Waals surface area contributed by atoms with Gasteiger partial charge in [-0.3, -0.25) is 0 Å². The molecule has 14 heteroatoms. The van der Waals surface area contributed by atoms with Crippen LogP contribution >= 0.6 is 0 Å². The van der Waals surface area contributed by atoms with Crippen molar-refractivity contribution >= 4 is 29.5 Å². The zero-order valence-electron chi connectivity index (χ0n) is 25.0. The Morgan fingerprint density at radius 3 is 1.32 bits per heavy atom. The second kappa shape index (κ2) is 21.7. The van der Waals surface area contributed by atoms with Gasteiger partial charge in [0.1, 0.15) is 13.2 Å². The van der Waals surface area contributed by atoms with Gasteiger partial charge in [0.2, 0.25) is 0 Å². The molecular weight excluding hydrogens is 554 g/mol. The van der Waals surface area contributed by atoms with E-state index in [0.717, 1.165) is 30.0 Å². The van der Waals surface area contributed by atoms with Crippen molar-refractivity contribution < 1.29 is 62.5 Å². The van der Waals surface area contributed by atoms with E-state index in [0.29, 0.717) is 36.8 Å². The summed E-state index contributed by atoms with van der Waals surface area (Å²) in [6.45, 7) is 12.7. The third kappa shape index (κ3) is 17.5. The molecule has 0 aliphatic heterocycles. The highest BCUT2D eigenvalue weighted by Crippen LogP contribution is 2.17. The molecule has 0 heterocycles. The molecule has 0 saturated carbocycles. The quantitative estimate of drug-likeness (QED) is 0.0649. The van der Waals surface area contributed by atoms with Gasteiger partial charge in [-0.05, 0) is 20.3 Å². The second-order valence-electron chi connectivity index (χ2n) is 9.01. The Kier molecular flexibility index (Phi) is 23.6. The number of hydrogen-bond acceptors (Lipinski definition) is 10. The molecule has 0 aromatic heterocycles. The smallest absolute Gasteiger partial charge is 0.500 e. The van der Waals surface area contributed by atoms with Gasteiger partial charge in [0.05, 0.1) is 27.2 Å². The Morgan fingerprint density at radius 1 is 0.632 bits per heavy atom. The van der Waals surface area contributed by atoms with Crippen molar-refractivity contribution in [2.75, 3.05) is 83.1 Å². The monoisotopic (exact) mass is 603 g/mol. The first-order valence-electron chi connectivity index (χ1n) is 12.0. The van der Waals surface area contributed by atoms with Gasteiger partial charge >= 0.3 is 29.5 Å². The first-order chi connectivity index (χ1) is 17.2. The van der Waals surface area contributed by atoms with Crippen molar-refractivity contribution in [1.29, 1.82) is 0 Å². The number of hydrogen-bond donors (Lipinski definition) is 0. The summed E-state index contributed by atoms with van der Waals surface area (Å²) < 4.78 is 42.7. The largest absolute Gasteiger partial charge is 1.00 e. The van der Waals surface area contributed by atoms with Crippen LogP contribution in [0.3, 0.4) is 0 Å². The van der Waals surface area contributed by atoms with E-state index >= 15 is 0 Å². The van der Waals surface area contributed by atoms with Crippen LogP contribution in [0.4, 0.5) is 0 Å². The van der Waals surface area contributed by atoms with Gasteiger partial charge in [-0.1, -0.05) is 13.2 Å². The summed E-state index contributed by atoms with van der Waals surface area (Å²) in [5.74, 6) is -0.709. The van der Waals surface area contributed by atoms with Crippen LogP contribution in [0.2, 0.25) is 12.1 Å². The lowest BCUT2D eigenvalue weighted by Gasteiger charge is -2.31. The Balaban J connectivity index is -0.000000650. The number of ether oxygens (including phenoxy) is 2. The molecule has 0 bridgehead atoms. The lowest BCUT2D eigenvalue weighted by atomic mass is 10.3. The summed E-state index contributed by atoms with van der Waals surface area (Å²) in [4.78, 5) is 22.4. The summed E-state index contributed by atoms with van der Waals surface area (Å²) >= 11 is 0. The molecule has 11 nitrogen and oxygen atoms in total. The predicted molar refractivity (Wildman–Crippen MR) is 146 cm³/mol.